The smallest absolute Gasteiger partial charge is 0.318 e. The van der Waals surface area contributed by atoms with E-state index in [2.05, 4.69) is 15.9 Å². The third-order valence-corrected chi connectivity index (χ3v) is 5.69. The molecule has 0 unspecified atom stereocenters. The molecule has 1 saturated carbocycles. The van der Waals surface area contributed by atoms with E-state index in [0.717, 1.165) is 17.1 Å². The summed E-state index contributed by atoms with van der Waals surface area (Å²) in [6.45, 7) is 1.49. The summed E-state index contributed by atoms with van der Waals surface area (Å²) in [5.74, 6) is -0.849. The number of sulfonamides is 1. The Labute approximate surface area is 126 Å². The molecule has 0 amide bonds. The van der Waals surface area contributed by atoms with Gasteiger partial charge in [-0.15, -0.1) is 0 Å². The van der Waals surface area contributed by atoms with E-state index in [1.165, 1.54) is 6.07 Å². The first kappa shape index (κ1) is 15.5. The minimum absolute atomic E-state index is 0.161. The minimum Gasteiger partial charge on any atom is -0.480 e. The maximum absolute atomic E-state index is 12.6. The third kappa shape index (κ3) is 3.59. The number of aryl methyl sites for hydroxylation is 1. The van der Waals surface area contributed by atoms with Crippen molar-refractivity contribution in [2.75, 3.05) is 13.1 Å². The van der Waals surface area contributed by atoms with Gasteiger partial charge >= 0.3 is 5.97 Å². The second kappa shape index (κ2) is 5.83. The number of aliphatic carboxylic acids is 1. The fraction of sp³-hybridized carbons (Fsp3) is 0.462. The number of rotatable bonds is 6. The van der Waals surface area contributed by atoms with Crippen LogP contribution in [0.15, 0.2) is 27.6 Å². The zero-order valence-corrected chi connectivity index (χ0v) is 13.4. The van der Waals surface area contributed by atoms with Gasteiger partial charge < -0.3 is 5.11 Å². The van der Waals surface area contributed by atoms with Crippen LogP contribution in [0, 0.1) is 12.8 Å². The van der Waals surface area contributed by atoms with Crippen molar-refractivity contribution in [2.24, 2.45) is 5.92 Å². The van der Waals surface area contributed by atoms with Crippen LogP contribution >= 0.6 is 15.9 Å². The van der Waals surface area contributed by atoms with Gasteiger partial charge in [-0.1, -0.05) is 22.0 Å². The second-order valence-electron chi connectivity index (χ2n) is 5.04. The lowest BCUT2D eigenvalue weighted by Crippen LogP contribution is -2.37. The van der Waals surface area contributed by atoms with Crippen molar-refractivity contribution in [1.82, 2.24) is 4.31 Å². The van der Waals surface area contributed by atoms with Crippen molar-refractivity contribution in [1.29, 1.82) is 0 Å². The van der Waals surface area contributed by atoms with E-state index >= 15 is 0 Å². The highest BCUT2D eigenvalue weighted by Gasteiger charge is 2.33. The molecule has 1 aromatic carbocycles. The third-order valence-electron chi connectivity index (χ3n) is 3.24. The predicted octanol–water partition coefficient (Wildman–Crippen LogP) is 2.24. The van der Waals surface area contributed by atoms with Gasteiger partial charge in [0.2, 0.25) is 10.0 Å². The molecule has 1 fully saturated rings. The van der Waals surface area contributed by atoms with Crippen LogP contribution in [-0.2, 0) is 14.8 Å². The van der Waals surface area contributed by atoms with Crippen molar-refractivity contribution in [3.63, 3.8) is 0 Å². The SMILES string of the molecule is Cc1ccc(Br)cc1S(=O)(=O)N(CC(=O)O)CC1CC1. The number of carboxylic acid groups (broad SMARTS) is 1. The second-order valence-corrected chi connectivity index (χ2v) is 7.87. The Morgan fingerprint density at radius 3 is 2.65 bits per heavy atom. The quantitative estimate of drug-likeness (QED) is 0.842. The number of halogens is 1. The van der Waals surface area contributed by atoms with Crippen LogP contribution in [0.2, 0.25) is 0 Å². The van der Waals surface area contributed by atoms with Crippen LogP contribution in [0.5, 0.6) is 0 Å². The summed E-state index contributed by atoms with van der Waals surface area (Å²) in [7, 11) is -3.78. The van der Waals surface area contributed by atoms with Gasteiger partial charge in [-0.3, -0.25) is 4.79 Å². The molecule has 0 atom stereocenters. The van der Waals surface area contributed by atoms with E-state index in [1.54, 1.807) is 19.1 Å². The maximum Gasteiger partial charge on any atom is 0.318 e. The summed E-state index contributed by atoms with van der Waals surface area (Å²) < 4.78 is 27.0. The molecule has 0 saturated heterocycles. The largest absolute Gasteiger partial charge is 0.480 e. The standard InChI is InChI=1S/C13H16BrNO4S/c1-9-2-5-11(14)6-12(9)20(18,19)15(8-13(16)17)7-10-3-4-10/h2,5-6,10H,3-4,7-8H2,1H3,(H,16,17). The van der Waals surface area contributed by atoms with Gasteiger partial charge in [0.25, 0.3) is 0 Å². The number of carboxylic acids is 1. The molecular weight excluding hydrogens is 346 g/mol. The molecular formula is C13H16BrNO4S. The van der Waals surface area contributed by atoms with E-state index in [-0.39, 0.29) is 17.4 Å². The molecule has 20 heavy (non-hydrogen) atoms. The summed E-state index contributed by atoms with van der Waals surface area (Å²) in [5.41, 5.74) is 0.611. The number of carbonyl (C=O) groups is 1. The molecule has 1 aliphatic rings. The summed E-state index contributed by atoms with van der Waals surface area (Å²) in [6, 6.07) is 4.98. The molecule has 110 valence electrons. The summed E-state index contributed by atoms with van der Waals surface area (Å²) in [6.07, 6.45) is 1.92. The first-order valence-corrected chi connectivity index (χ1v) is 8.52. The van der Waals surface area contributed by atoms with Crippen molar-refractivity contribution >= 4 is 31.9 Å². The molecule has 0 spiro atoms. The van der Waals surface area contributed by atoms with Crippen LogP contribution in [0.3, 0.4) is 0 Å². The van der Waals surface area contributed by atoms with Gasteiger partial charge in [0, 0.05) is 11.0 Å². The van der Waals surface area contributed by atoms with Gasteiger partial charge in [-0.25, -0.2) is 8.42 Å². The molecule has 0 aliphatic heterocycles. The zero-order chi connectivity index (χ0) is 14.9. The van der Waals surface area contributed by atoms with E-state index in [0.29, 0.717) is 10.0 Å². The lowest BCUT2D eigenvalue weighted by molar-refractivity contribution is -0.137. The number of benzene rings is 1. The van der Waals surface area contributed by atoms with Crippen LogP contribution in [0.1, 0.15) is 18.4 Å². The van der Waals surface area contributed by atoms with Crippen molar-refractivity contribution in [3.8, 4) is 0 Å². The Morgan fingerprint density at radius 1 is 1.45 bits per heavy atom. The molecule has 5 nitrogen and oxygen atoms in total. The van der Waals surface area contributed by atoms with Crippen molar-refractivity contribution in [3.05, 3.63) is 28.2 Å². The van der Waals surface area contributed by atoms with Crippen LogP contribution < -0.4 is 0 Å². The van der Waals surface area contributed by atoms with Gasteiger partial charge in [0.15, 0.2) is 0 Å². The average molecular weight is 362 g/mol. The molecule has 0 radical (unpaired) electrons. The number of hydrogen-bond acceptors (Lipinski definition) is 3. The molecule has 2 rings (SSSR count). The lowest BCUT2D eigenvalue weighted by Gasteiger charge is -2.21. The van der Waals surface area contributed by atoms with E-state index in [1.807, 2.05) is 0 Å². The number of hydrogen-bond donors (Lipinski definition) is 1. The Kier molecular flexibility index (Phi) is 4.51. The molecule has 1 aromatic rings. The Morgan fingerprint density at radius 2 is 2.10 bits per heavy atom. The highest BCUT2D eigenvalue weighted by Crippen LogP contribution is 2.32. The highest BCUT2D eigenvalue weighted by atomic mass is 79.9. The van der Waals surface area contributed by atoms with Gasteiger partial charge in [0.05, 0.1) is 4.90 Å². The van der Waals surface area contributed by atoms with E-state index in [9.17, 15) is 13.2 Å². The molecule has 1 aliphatic carbocycles. The molecule has 7 heteroatoms. The highest BCUT2D eigenvalue weighted by molar-refractivity contribution is 9.10. The Balaban J connectivity index is 2.37. The van der Waals surface area contributed by atoms with Crippen molar-refractivity contribution in [2.45, 2.75) is 24.7 Å². The number of nitrogens with zero attached hydrogens (tertiary/aromatic N) is 1. The molecule has 1 N–H and O–H groups in total. The fourth-order valence-electron chi connectivity index (χ4n) is 1.98. The van der Waals surface area contributed by atoms with Crippen LogP contribution in [-0.4, -0.2) is 36.9 Å². The van der Waals surface area contributed by atoms with E-state index in [4.69, 9.17) is 5.11 Å². The normalized spacial score (nSPS) is 15.6. The summed E-state index contributed by atoms with van der Waals surface area (Å²) >= 11 is 3.25. The van der Waals surface area contributed by atoms with Crippen LogP contribution in [0.25, 0.3) is 0 Å². The first-order chi connectivity index (χ1) is 9.30. The summed E-state index contributed by atoms with van der Waals surface area (Å²) in [5, 5.41) is 8.94. The van der Waals surface area contributed by atoms with E-state index < -0.39 is 22.5 Å². The zero-order valence-electron chi connectivity index (χ0n) is 11.0. The minimum atomic E-state index is -3.78. The molecule has 0 bridgehead atoms. The molecule has 0 heterocycles. The molecule has 0 aromatic heterocycles. The van der Waals surface area contributed by atoms with Gasteiger partial charge in [0.1, 0.15) is 6.54 Å². The monoisotopic (exact) mass is 361 g/mol. The average Bonchev–Trinajstić information content (AvgIpc) is 3.14. The summed E-state index contributed by atoms with van der Waals surface area (Å²) in [4.78, 5) is 11.1. The fourth-order valence-corrected chi connectivity index (χ4v) is 4.21. The maximum atomic E-state index is 12.6. The van der Waals surface area contributed by atoms with Gasteiger partial charge in [-0.05, 0) is 43.4 Å². The lowest BCUT2D eigenvalue weighted by atomic mass is 10.2. The topological polar surface area (TPSA) is 74.7 Å². The van der Waals surface area contributed by atoms with Crippen molar-refractivity contribution < 1.29 is 18.3 Å². The Bertz CT molecular complexity index is 625. The van der Waals surface area contributed by atoms with Gasteiger partial charge in [-0.2, -0.15) is 4.31 Å². The van der Waals surface area contributed by atoms with Crippen LogP contribution in [0.4, 0.5) is 0 Å². The first-order valence-electron chi connectivity index (χ1n) is 6.29. The predicted molar refractivity (Wildman–Crippen MR) is 78.0 cm³/mol. The Hall–Kier alpha value is -0.920.